The van der Waals surface area contributed by atoms with Crippen molar-refractivity contribution < 1.29 is 8.42 Å². The molecule has 0 bridgehead atoms. The van der Waals surface area contributed by atoms with Gasteiger partial charge in [0.1, 0.15) is 0 Å². The van der Waals surface area contributed by atoms with Crippen molar-refractivity contribution in [1.82, 2.24) is 15.2 Å². The molecule has 0 saturated carbocycles. The van der Waals surface area contributed by atoms with Gasteiger partial charge in [-0.1, -0.05) is 24.6 Å². The smallest absolute Gasteiger partial charge is 0.253 e. The lowest BCUT2D eigenvalue weighted by molar-refractivity contribution is 0.364. The third-order valence-electron chi connectivity index (χ3n) is 2.38. The van der Waals surface area contributed by atoms with E-state index >= 15 is 0 Å². The molecular weight excluding hydrogens is 286 g/mol. The summed E-state index contributed by atoms with van der Waals surface area (Å²) in [6.45, 7) is 3.61. The van der Waals surface area contributed by atoms with Crippen molar-refractivity contribution in [1.29, 1.82) is 0 Å². The van der Waals surface area contributed by atoms with Gasteiger partial charge in [-0.3, -0.25) is 0 Å². The lowest BCUT2D eigenvalue weighted by Gasteiger charge is -2.13. The lowest BCUT2D eigenvalue weighted by Crippen LogP contribution is -2.36. The van der Waals surface area contributed by atoms with E-state index in [9.17, 15) is 8.42 Å². The van der Waals surface area contributed by atoms with Crippen LogP contribution in [0.3, 0.4) is 0 Å². The molecule has 0 aliphatic rings. The van der Waals surface area contributed by atoms with Gasteiger partial charge in [-0.05, 0) is 30.7 Å². The van der Waals surface area contributed by atoms with Crippen LogP contribution in [-0.4, -0.2) is 34.1 Å². The zero-order chi connectivity index (χ0) is 14.5. The highest BCUT2D eigenvalue weighted by molar-refractivity contribution is 7.89. The van der Waals surface area contributed by atoms with Crippen molar-refractivity contribution in [3.8, 4) is 0 Å². The molecule has 5 nitrogen and oxygen atoms in total. The Bertz CT molecular complexity index is 518. The molecule has 2 N–H and O–H groups in total. The van der Waals surface area contributed by atoms with E-state index in [0.29, 0.717) is 11.6 Å². The zero-order valence-corrected chi connectivity index (χ0v) is 13.0. The molecule has 19 heavy (non-hydrogen) atoms. The first-order valence-electron chi connectivity index (χ1n) is 6.05. The Morgan fingerprint density at radius 2 is 2.00 bits per heavy atom. The molecule has 0 heterocycles. The normalized spacial score (nSPS) is 12.1. The number of nitrogens with one attached hydrogen (secondary N) is 2. The van der Waals surface area contributed by atoms with Crippen molar-refractivity contribution in [2.45, 2.75) is 24.8 Å². The quantitative estimate of drug-likeness (QED) is 0.593. The monoisotopic (exact) mass is 305 g/mol. The number of nitrogens with zero attached hydrogens (tertiary/aromatic N) is 1. The van der Waals surface area contributed by atoms with Crippen LogP contribution in [0.15, 0.2) is 23.1 Å². The Kier molecular flexibility index (Phi) is 6.22. The minimum Gasteiger partial charge on any atom is -0.313 e. The van der Waals surface area contributed by atoms with Gasteiger partial charge in [0.25, 0.3) is 10.0 Å². The number of sulfonamides is 1. The first-order chi connectivity index (χ1) is 8.86. The van der Waals surface area contributed by atoms with Crippen molar-refractivity contribution in [2.24, 2.45) is 0 Å². The van der Waals surface area contributed by atoms with Crippen LogP contribution in [0.1, 0.15) is 18.9 Å². The number of hydrogen-bond acceptors (Lipinski definition) is 4. The fraction of sp³-hybridized carbons (Fsp3) is 0.500. The van der Waals surface area contributed by atoms with Crippen LogP contribution >= 0.6 is 11.6 Å². The number of halogens is 1. The fourth-order valence-corrected chi connectivity index (χ4v) is 2.95. The molecule has 0 aliphatic heterocycles. The molecule has 0 amide bonds. The van der Waals surface area contributed by atoms with E-state index in [1.807, 2.05) is 0 Å². The number of rotatable bonds is 7. The second-order valence-corrected chi connectivity index (χ2v) is 6.49. The first kappa shape index (κ1) is 16.4. The Morgan fingerprint density at radius 1 is 1.32 bits per heavy atom. The van der Waals surface area contributed by atoms with E-state index < -0.39 is 10.0 Å². The third-order valence-corrected chi connectivity index (χ3v) is 4.21. The topological polar surface area (TPSA) is 61.4 Å². The molecule has 7 heteroatoms. The van der Waals surface area contributed by atoms with Crippen LogP contribution in [0, 0.1) is 0 Å². The fourth-order valence-electron chi connectivity index (χ4n) is 1.53. The predicted molar refractivity (Wildman–Crippen MR) is 77.5 cm³/mol. The summed E-state index contributed by atoms with van der Waals surface area (Å²) in [5.41, 5.74) is 0.888. The SMILES string of the molecule is CCCNCc1ccc(S(=O)(=O)NN(C)C)cc1Cl. The van der Waals surface area contributed by atoms with Gasteiger partial charge in [-0.15, -0.1) is 4.83 Å². The van der Waals surface area contributed by atoms with Crippen LogP contribution < -0.4 is 10.1 Å². The lowest BCUT2D eigenvalue weighted by atomic mass is 10.2. The van der Waals surface area contributed by atoms with Crippen molar-refractivity contribution in [2.75, 3.05) is 20.6 Å². The van der Waals surface area contributed by atoms with E-state index in [0.717, 1.165) is 18.5 Å². The van der Waals surface area contributed by atoms with E-state index in [2.05, 4.69) is 17.1 Å². The van der Waals surface area contributed by atoms with Crippen LogP contribution in [0.4, 0.5) is 0 Å². The minimum absolute atomic E-state index is 0.158. The van der Waals surface area contributed by atoms with Crippen LogP contribution in [-0.2, 0) is 16.6 Å². The number of hydrazine groups is 1. The van der Waals surface area contributed by atoms with Crippen LogP contribution in [0.2, 0.25) is 5.02 Å². The summed E-state index contributed by atoms with van der Waals surface area (Å²) in [4.78, 5) is 2.52. The molecule has 1 aromatic carbocycles. The molecule has 0 aliphatic carbocycles. The number of benzene rings is 1. The van der Waals surface area contributed by atoms with E-state index in [-0.39, 0.29) is 4.90 Å². The van der Waals surface area contributed by atoms with E-state index in [1.165, 1.54) is 11.1 Å². The summed E-state index contributed by atoms with van der Waals surface area (Å²) in [7, 11) is -0.326. The molecule has 108 valence electrons. The van der Waals surface area contributed by atoms with E-state index in [1.54, 1.807) is 26.2 Å². The summed E-state index contributed by atoms with van der Waals surface area (Å²) < 4.78 is 23.9. The predicted octanol–water partition coefficient (Wildman–Crippen LogP) is 1.59. The summed E-state index contributed by atoms with van der Waals surface area (Å²) in [5, 5.41) is 5.05. The Labute approximate surface area is 120 Å². The summed E-state index contributed by atoms with van der Waals surface area (Å²) >= 11 is 6.11. The van der Waals surface area contributed by atoms with Crippen molar-refractivity contribution in [3.05, 3.63) is 28.8 Å². The van der Waals surface area contributed by atoms with Gasteiger partial charge >= 0.3 is 0 Å². The average molecular weight is 306 g/mol. The number of hydrogen-bond donors (Lipinski definition) is 2. The molecule has 0 radical (unpaired) electrons. The van der Waals surface area contributed by atoms with Crippen molar-refractivity contribution >= 4 is 21.6 Å². The molecule has 0 spiro atoms. The average Bonchev–Trinajstić information content (AvgIpc) is 2.29. The summed E-state index contributed by atoms with van der Waals surface area (Å²) in [6.07, 6.45) is 1.04. The maximum absolute atomic E-state index is 11.9. The Hall–Kier alpha value is -0.660. The first-order valence-corrected chi connectivity index (χ1v) is 7.92. The van der Waals surface area contributed by atoms with Crippen LogP contribution in [0.5, 0.6) is 0 Å². The third kappa shape index (κ3) is 5.08. The molecule has 0 aromatic heterocycles. The molecule has 0 saturated heterocycles. The van der Waals surface area contributed by atoms with Crippen LogP contribution in [0.25, 0.3) is 0 Å². The molecule has 1 rings (SSSR count). The molecule has 1 aromatic rings. The molecule has 0 unspecified atom stereocenters. The molecular formula is C12H20ClN3O2S. The highest BCUT2D eigenvalue weighted by Crippen LogP contribution is 2.20. The summed E-state index contributed by atoms with van der Waals surface area (Å²) in [6, 6.07) is 4.76. The Balaban J connectivity index is 2.87. The minimum atomic E-state index is -3.55. The van der Waals surface area contributed by atoms with Gasteiger partial charge in [0.2, 0.25) is 0 Å². The maximum Gasteiger partial charge on any atom is 0.253 e. The zero-order valence-electron chi connectivity index (χ0n) is 11.4. The van der Waals surface area contributed by atoms with Gasteiger partial charge in [0.05, 0.1) is 4.90 Å². The van der Waals surface area contributed by atoms with Gasteiger partial charge < -0.3 is 5.32 Å². The Morgan fingerprint density at radius 3 is 2.53 bits per heavy atom. The molecule has 0 atom stereocenters. The standard InChI is InChI=1S/C12H20ClN3O2S/c1-4-7-14-9-10-5-6-11(8-12(10)13)19(17,18)15-16(2)3/h5-6,8,14-15H,4,7,9H2,1-3H3. The highest BCUT2D eigenvalue weighted by Gasteiger charge is 2.16. The van der Waals surface area contributed by atoms with Gasteiger partial charge in [-0.25, -0.2) is 13.4 Å². The maximum atomic E-state index is 11.9. The highest BCUT2D eigenvalue weighted by atomic mass is 35.5. The largest absolute Gasteiger partial charge is 0.313 e. The molecule has 0 fully saturated rings. The van der Waals surface area contributed by atoms with Gasteiger partial charge in [-0.2, -0.15) is 0 Å². The second-order valence-electron chi connectivity index (χ2n) is 4.42. The summed E-state index contributed by atoms with van der Waals surface area (Å²) in [5.74, 6) is 0. The van der Waals surface area contributed by atoms with E-state index in [4.69, 9.17) is 11.6 Å². The van der Waals surface area contributed by atoms with Gasteiger partial charge in [0, 0.05) is 25.7 Å². The van der Waals surface area contributed by atoms with Crippen molar-refractivity contribution in [3.63, 3.8) is 0 Å². The second kappa shape index (κ2) is 7.21. The van der Waals surface area contributed by atoms with Gasteiger partial charge in [0.15, 0.2) is 0 Å².